The molecule has 1 atom stereocenters. The molecule has 1 saturated heterocycles. The van der Waals surface area contributed by atoms with E-state index in [1.165, 1.54) is 33.4 Å². The molecule has 1 amide bonds. The molecule has 0 saturated carbocycles. The van der Waals surface area contributed by atoms with Crippen LogP contribution in [-0.2, 0) is 0 Å². The van der Waals surface area contributed by atoms with Gasteiger partial charge in [0.15, 0.2) is 5.76 Å². The minimum atomic E-state index is -0.205. The number of rotatable bonds is 5. The first-order chi connectivity index (χ1) is 14.4. The van der Waals surface area contributed by atoms with Gasteiger partial charge in [0.2, 0.25) is 0 Å². The lowest BCUT2D eigenvalue weighted by Gasteiger charge is -2.39. The molecule has 1 aromatic carbocycles. The highest BCUT2D eigenvalue weighted by molar-refractivity contribution is 7.16. The summed E-state index contributed by atoms with van der Waals surface area (Å²) in [6, 6.07) is 12.3. The highest BCUT2D eigenvalue weighted by Crippen LogP contribution is 2.42. The quantitative estimate of drug-likeness (QED) is 0.637. The zero-order valence-corrected chi connectivity index (χ0v) is 18.9. The number of carbonyl (C=O) groups excluding carboxylic acids is 1. The summed E-state index contributed by atoms with van der Waals surface area (Å²) in [5, 5.41) is 4.05. The summed E-state index contributed by atoms with van der Waals surface area (Å²) in [4.78, 5) is 18.9. The number of nitrogens with one attached hydrogen (secondary N) is 1. The van der Waals surface area contributed by atoms with Crippen LogP contribution in [0.25, 0.3) is 0 Å². The van der Waals surface area contributed by atoms with Crippen LogP contribution in [0.15, 0.2) is 47.1 Å². The monoisotopic (exact) mass is 423 g/mol. The second-order valence-electron chi connectivity index (χ2n) is 8.11. The Morgan fingerprint density at radius 3 is 2.40 bits per heavy atom. The summed E-state index contributed by atoms with van der Waals surface area (Å²) in [6.45, 7) is 10.5. The Kier molecular flexibility index (Phi) is 6.09. The molecule has 6 heteroatoms. The minimum absolute atomic E-state index is 0.108. The summed E-state index contributed by atoms with van der Waals surface area (Å²) in [5.41, 5.74) is 4.96. The van der Waals surface area contributed by atoms with E-state index in [1.54, 1.807) is 23.5 Å². The van der Waals surface area contributed by atoms with Crippen LogP contribution in [-0.4, -0.2) is 48.9 Å². The van der Waals surface area contributed by atoms with E-state index in [1.807, 2.05) is 0 Å². The highest BCUT2D eigenvalue weighted by atomic mass is 32.1. The van der Waals surface area contributed by atoms with Gasteiger partial charge in [-0.3, -0.25) is 9.69 Å². The van der Waals surface area contributed by atoms with Crippen LogP contribution in [0.5, 0.6) is 0 Å². The lowest BCUT2D eigenvalue weighted by Crippen LogP contribution is -2.46. The van der Waals surface area contributed by atoms with E-state index in [2.05, 4.69) is 67.2 Å². The number of hydrogen-bond acceptors (Lipinski definition) is 5. The fraction of sp³-hybridized carbons (Fsp3) is 0.375. The predicted octanol–water partition coefficient (Wildman–Crippen LogP) is 4.86. The van der Waals surface area contributed by atoms with Gasteiger partial charge in [-0.1, -0.05) is 29.8 Å². The van der Waals surface area contributed by atoms with Crippen molar-refractivity contribution in [2.24, 2.45) is 0 Å². The van der Waals surface area contributed by atoms with Crippen LogP contribution in [0.1, 0.15) is 43.7 Å². The molecule has 0 unspecified atom stereocenters. The number of benzene rings is 1. The van der Waals surface area contributed by atoms with E-state index in [9.17, 15) is 4.79 Å². The third-order valence-electron chi connectivity index (χ3n) is 5.97. The van der Waals surface area contributed by atoms with Crippen molar-refractivity contribution in [3.05, 3.63) is 75.6 Å². The second-order valence-corrected chi connectivity index (χ2v) is 9.33. The van der Waals surface area contributed by atoms with Gasteiger partial charge in [0.25, 0.3) is 5.91 Å². The third-order valence-corrected chi connectivity index (χ3v) is 7.11. The van der Waals surface area contributed by atoms with Crippen molar-refractivity contribution in [3.8, 4) is 0 Å². The Morgan fingerprint density at radius 2 is 1.77 bits per heavy atom. The number of nitrogens with zero attached hydrogens (tertiary/aromatic N) is 2. The zero-order valence-electron chi connectivity index (χ0n) is 18.1. The molecule has 3 aromatic rings. The molecule has 1 N–H and O–H groups in total. The van der Waals surface area contributed by atoms with Gasteiger partial charge in [0.05, 0.1) is 12.3 Å². The Labute approximate surface area is 182 Å². The number of hydrogen-bond donors (Lipinski definition) is 1. The van der Waals surface area contributed by atoms with E-state index >= 15 is 0 Å². The molecular weight excluding hydrogens is 394 g/mol. The number of aryl methyl sites for hydroxylation is 2. The van der Waals surface area contributed by atoms with Gasteiger partial charge in [0, 0.05) is 36.6 Å². The first-order valence-electron chi connectivity index (χ1n) is 10.4. The molecular formula is C24H29N3O2S. The fourth-order valence-electron chi connectivity index (χ4n) is 4.03. The first-order valence-corrected chi connectivity index (χ1v) is 11.2. The van der Waals surface area contributed by atoms with E-state index in [4.69, 9.17) is 4.42 Å². The molecule has 1 aliphatic heterocycles. The van der Waals surface area contributed by atoms with Crippen LogP contribution < -0.4 is 5.32 Å². The van der Waals surface area contributed by atoms with Crippen molar-refractivity contribution in [2.45, 2.75) is 26.8 Å². The van der Waals surface area contributed by atoms with Crippen LogP contribution in [0, 0.1) is 20.8 Å². The molecule has 0 spiro atoms. The predicted molar refractivity (Wildman–Crippen MR) is 123 cm³/mol. The topological polar surface area (TPSA) is 48.7 Å². The van der Waals surface area contributed by atoms with Crippen molar-refractivity contribution >= 4 is 22.2 Å². The molecule has 4 rings (SSSR count). The molecule has 3 heterocycles. The number of anilines is 1. The number of piperazine rings is 1. The fourth-order valence-corrected chi connectivity index (χ4v) is 5.12. The molecule has 2 aromatic heterocycles. The average Bonchev–Trinajstić information content (AvgIpc) is 3.36. The summed E-state index contributed by atoms with van der Waals surface area (Å²) in [7, 11) is 2.17. The van der Waals surface area contributed by atoms with Crippen LogP contribution >= 0.6 is 11.3 Å². The minimum Gasteiger partial charge on any atom is -0.459 e. The molecule has 1 aliphatic rings. The lowest BCUT2D eigenvalue weighted by atomic mass is 9.93. The van der Waals surface area contributed by atoms with E-state index in [0.717, 1.165) is 31.2 Å². The third kappa shape index (κ3) is 4.21. The van der Waals surface area contributed by atoms with Crippen molar-refractivity contribution < 1.29 is 9.21 Å². The molecule has 158 valence electrons. The summed E-state index contributed by atoms with van der Waals surface area (Å²) >= 11 is 1.65. The Hall–Kier alpha value is -2.41. The Bertz CT molecular complexity index is 1000. The number of likely N-dealkylation sites (N-methyl/N-ethyl adjacent to an activating group) is 1. The number of furan rings is 1. The molecule has 30 heavy (non-hydrogen) atoms. The number of thiophene rings is 1. The van der Waals surface area contributed by atoms with Gasteiger partial charge in [-0.2, -0.15) is 0 Å². The first kappa shape index (κ1) is 20.8. The average molecular weight is 424 g/mol. The summed E-state index contributed by atoms with van der Waals surface area (Å²) in [6.07, 6.45) is 1.53. The number of amides is 1. The Balaban J connectivity index is 1.76. The molecule has 5 nitrogen and oxygen atoms in total. The van der Waals surface area contributed by atoms with Crippen molar-refractivity contribution in [3.63, 3.8) is 0 Å². The van der Waals surface area contributed by atoms with Gasteiger partial charge in [-0.25, -0.2) is 0 Å². The molecule has 0 bridgehead atoms. The van der Waals surface area contributed by atoms with E-state index in [0.29, 0.717) is 5.76 Å². The van der Waals surface area contributed by atoms with Gasteiger partial charge in [-0.15, -0.1) is 11.3 Å². The van der Waals surface area contributed by atoms with Crippen LogP contribution in [0.2, 0.25) is 0 Å². The number of carbonyl (C=O) groups is 1. The van der Waals surface area contributed by atoms with Gasteiger partial charge in [-0.05, 0) is 51.1 Å². The maximum Gasteiger partial charge on any atom is 0.291 e. The summed E-state index contributed by atoms with van der Waals surface area (Å²) in [5.74, 6) is 0.125. The standard InChI is InChI=1S/C24H29N3O2S/c1-16-7-9-19(10-8-16)22(27-13-11-26(4)12-14-27)21-17(2)18(3)30-24(21)25-23(28)20-6-5-15-29-20/h5-10,15,22H,11-14H2,1-4H3,(H,25,28)/t22-/m0/s1. The zero-order chi connectivity index (χ0) is 21.3. The normalized spacial score (nSPS) is 16.5. The van der Waals surface area contributed by atoms with Crippen LogP contribution in [0.4, 0.5) is 5.00 Å². The molecule has 0 aliphatic carbocycles. The largest absolute Gasteiger partial charge is 0.459 e. The van der Waals surface area contributed by atoms with Gasteiger partial charge in [0.1, 0.15) is 5.00 Å². The lowest BCUT2D eigenvalue weighted by molar-refractivity contribution is 0.0996. The van der Waals surface area contributed by atoms with Gasteiger partial charge >= 0.3 is 0 Å². The summed E-state index contributed by atoms with van der Waals surface area (Å²) < 4.78 is 5.31. The van der Waals surface area contributed by atoms with Crippen molar-refractivity contribution in [1.82, 2.24) is 9.80 Å². The molecule has 1 fully saturated rings. The molecule has 0 radical (unpaired) electrons. The van der Waals surface area contributed by atoms with E-state index < -0.39 is 0 Å². The van der Waals surface area contributed by atoms with E-state index in [-0.39, 0.29) is 11.9 Å². The van der Waals surface area contributed by atoms with Gasteiger partial charge < -0.3 is 14.6 Å². The smallest absolute Gasteiger partial charge is 0.291 e. The van der Waals surface area contributed by atoms with Crippen LogP contribution in [0.3, 0.4) is 0 Å². The van der Waals surface area contributed by atoms with Crippen molar-refractivity contribution in [2.75, 3.05) is 38.5 Å². The maximum absolute atomic E-state index is 12.8. The highest BCUT2D eigenvalue weighted by Gasteiger charge is 2.31. The van der Waals surface area contributed by atoms with Crippen molar-refractivity contribution in [1.29, 1.82) is 0 Å². The Morgan fingerprint density at radius 1 is 1.07 bits per heavy atom. The SMILES string of the molecule is Cc1ccc([C@@H](c2c(NC(=O)c3ccco3)sc(C)c2C)N2CCN(C)CC2)cc1. The second kappa shape index (κ2) is 8.76. The maximum atomic E-state index is 12.8.